The number of pyridine rings is 1. The van der Waals surface area contributed by atoms with Crippen LogP contribution in [0.3, 0.4) is 0 Å². The Balaban J connectivity index is 2.21. The van der Waals surface area contributed by atoms with Crippen LogP contribution in [-0.4, -0.2) is 18.1 Å². The second kappa shape index (κ2) is 7.97. The number of anilines is 1. The summed E-state index contributed by atoms with van der Waals surface area (Å²) in [5, 5.41) is 3.35. The second-order valence-corrected chi connectivity index (χ2v) is 3.81. The fourth-order valence-corrected chi connectivity index (χ4v) is 1.50. The van der Waals surface area contributed by atoms with Gasteiger partial charge in [-0.05, 0) is 19.4 Å². The number of aromatic nitrogens is 1. The lowest BCUT2D eigenvalue weighted by Crippen LogP contribution is -2.02. The zero-order valence-corrected chi connectivity index (χ0v) is 10.3. The van der Waals surface area contributed by atoms with Crippen LogP contribution in [0.15, 0.2) is 18.3 Å². The van der Waals surface area contributed by atoms with Crippen molar-refractivity contribution < 1.29 is 4.74 Å². The lowest BCUT2D eigenvalue weighted by molar-refractivity contribution is 0.327. The van der Waals surface area contributed by atoms with Crippen LogP contribution in [0.4, 0.5) is 5.69 Å². The van der Waals surface area contributed by atoms with E-state index in [2.05, 4.69) is 17.2 Å². The van der Waals surface area contributed by atoms with E-state index in [1.54, 1.807) is 0 Å². The van der Waals surface area contributed by atoms with Gasteiger partial charge in [-0.15, -0.1) is 0 Å². The summed E-state index contributed by atoms with van der Waals surface area (Å²) in [4.78, 5) is 4.20. The highest BCUT2D eigenvalue weighted by Crippen LogP contribution is 2.11. The van der Waals surface area contributed by atoms with Gasteiger partial charge < -0.3 is 10.1 Å². The van der Waals surface area contributed by atoms with Crippen molar-refractivity contribution in [3.05, 3.63) is 18.3 Å². The Kier molecular flexibility index (Phi) is 6.38. The lowest BCUT2D eigenvalue weighted by atomic mass is 10.2. The van der Waals surface area contributed by atoms with Crippen molar-refractivity contribution in [1.29, 1.82) is 0 Å². The van der Waals surface area contributed by atoms with Crippen molar-refractivity contribution in [1.82, 2.24) is 4.98 Å². The quantitative estimate of drug-likeness (QED) is 0.684. The SMILES string of the molecule is CCCCCCNc1ccc(OCC)nc1. The van der Waals surface area contributed by atoms with Gasteiger partial charge in [-0.2, -0.15) is 0 Å². The first-order valence-electron chi connectivity index (χ1n) is 6.19. The Morgan fingerprint density at radius 2 is 2.06 bits per heavy atom. The van der Waals surface area contributed by atoms with Crippen LogP contribution in [0.5, 0.6) is 5.88 Å². The van der Waals surface area contributed by atoms with Crippen molar-refractivity contribution in [2.45, 2.75) is 39.5 Å². The zero-order chi connectivity index (χ0) is 11.6. The van der Waals surface area contributed by atoms with Crippen LogP contribution in [0.2, 0.25) is 0 Å². The molecule has 0 fully saturated rings. The zero-order valence-electron chi connectivity index (χ0n) is 10.3. The molecule has 0 saturated heterocycles. The van der Waals surface area contributed by atoms with Gasteiger partial charge in [-0.25, -0.2) is 4.98 Å². The third kappa shape index (κ3) is 5.01. The Bertz CT molecular complexity index is 272. The molecular formula is C13H22N2O. The van der Waals surface area contributed by atoms with Crippen LogP contribution in [0, 0.1) is 0 Å². The van der Waals surface area contributed by atoms with Crippen LogP contribution in [-0.2, 0) is 0 Å². The molecule has 0 aliphatic heterocycles. The Labute approximate surface area is 98.2 Å². The van der Waals surface area contributed by atoms with Gasteiger partial charge in [-0.1, -0.05) is 26.2 Å². The van der Waals surface area contributed by atoms with Gasteiger partial charge >= 0.3 is 0 Å². The van der Waals surface area contributed by atoms with E-state index < -0.39 is 0 Å². The molecule has 0 unspecified atom stereocenters. The van der Waals surface area contributed by atoms with Crippen LogP contribution >= 0.6 is 0 Å². The molecular weight excluding hydrogens is 200 g/mol. The van der Waals surface area contributed by atoms with Crippen molar-refractivity contribution in [2.24, 2.45) is 0 Å². The summed E-state index contributed by atoms with van der Waals surface area (Å²) in [6.07, 6.45) is 6.95. The summed E-state index contributed by atoms with van der Waals surface area (Å²) < 4.78 is 5.28. The summed E-state index contributed by atoms with van der Waals surface area (Å²) in [6.45, 7) is 5.87. The van der Waals surface area contributed by atoms with Crippen molar-refractivity contribution in [3.8, 4) is 5.88 Å². The maximum atomic E-state index is 5.28. The molecule has 0 aromatic carbocycles. The first-order chi connectivity index (χ1) is 7.86. The molecule has 0 amide bonds. The topological polar surface area (TPSA) is 34.1 Å². The van der Waals surface area contributed by atoms with Gasteiger partial charge in [0.05, 0.1) is 18.5 Å². The highest BCUT2D eigenvalue weighted by atomic mass is 16.5. The van der Waals surface area contributed by atoms with Gasteiger partial charge in [-0.3, -0.25) is 0 Å². The second-order valence-electron chi connectivity index (χ2n) is 3.81. The molecule has 0 aliphatic carbocycles. The number of nitrogens with zero attached hydrogens (tertiary/aromatic N) is 1. The molecule has 1 heterocycles. The number of unbranched alkanes of at least 4 members (excludes halogenated alkanes) is 3. The molecule has 16 heavy (non-hydrogen) atoms. The number of hydrogen-bond donors (Lipinski definition) is 1. The predicted molar refractivity (Wildman–Crippen MR) is 68.0 cm³/mol. The molecule has 1 aromatic rings. The summed E-state index contributed by atoms with van der Waals surface area (Å²) in [5.74, 6) is 0.694. The van der Waals surface area contributed by atoms with E-state index in [4.69, 9.17) is 4.74 Å². The van der Waals surface area contributed by atoms with Crippen LogP contribution < -0.4 is 10.1 Å². The molecule has 90 valence electrons. The van der Waals surface area contributed by atoms with Crippen molar-refractivity contribution >= 4 is 5.69 Å². The summed E-state index contributed by atoms with van der Waals surface area (Å²) in [6, 6.07) is 3.91. The first-order valence-corrected chi connectivity index (χ1v) is 6.19. The highest BCUT2D eigenvalue weighted by Gasteiger charge is 1.95. The van der Waals surface area contributed by atoms with E-state index in [1.165, 1.54) is 25.7 Å². The minimum Gasteiger partial charge on any atom is -0.478 e. The van der Waals surface area contributed by atoms with Gasteiger partial charge in [0.15, 0.2) is 0 Å². The molecule has 1 rings (SSSR count). The predicted octanol–water partition coefficient (Wildman–Crippen LogP) is 3.47. The Morgan fingerprint density at radius 1 is 1.19 bits per heavy atom. The summed E-state index contributed by atoms with van der Waals surface area (Å²) in [5.41, 5.74) is 1.07. The number of ether oxygens (including phenoxy) is 1. The maximum absolute atomic E-state index is 5.28. The molecule has 0 spiro atoms. The third-order valence-electron chi connectivity index (χ3n) is 2.39. The number of hydrogen-bond acceptors (Lipinski definition) is 3. The molecule has 3 heteroatoms. The van der Waals surface area contributed by atoms with Crippen LogP contribution in [0.25, 0.3) is 0 Å². The molecule has 0 saturated carbocycles. The van der Waals surface area contributed by atoms with Crippen molar-refractivity contribution in [3.63, 3.8) is 0 Å². The average Bonchev–Trinajstić information content (AvgIpc) is 2.31. The fraction of sp³-hybridized carbons (Fsp3) is 0.615. The minimum absolute atomic E-state index is 0.663. The third-order valence-corrected chi connectivity index (χ3v) is 2.39. The number of nitrogens with one attached hydrogen (secondary N) is 1. The maximum Gasteiger partial charge on any atom is 0.213 e. The van der Waals surface area contributed by atoms with E-state index >= 15 is 0 Å². The molecule has 0 radical (unpaired) electrons. The standard InChI is InChI=1S/C13H22N2O/c1-3-5-6-7-10-14-12-8-9-13(15-11-12)16-4-2/h8-9,11,14H,3-7,10H2,1-2H3. The molecule has 0 aliphatic rings. The van der Waals surface area contributed by atoms with Gasteiger partial charge in [0.25, 0.3) is 0 Å². The molecule has 1 aromatic heterocycles. The minimum atomic E-state index is 0.663. The largest absolute Gasteiger partial charge is 0.478 e. The monoisotopic (exact) mass is 222 g/mol. The smallest absolute Gasteiger partial charge is 0.213 e. The van der Waals surface area contributed by atoms with Gasteiger partial charge in [0.2, 0.25) is 5.88 Å². The average molecular weight is 222 g/mol. The highest BCUT2D eigenvalue weighted by molar-refractivity contribution is 5.41. The molecule has 0 bridgehead atoms. The van der Waals surface area contributed by atoms with E-state index in [0.29, 0.717) is 12.5 Å². The van der Waals surface area contributed by atoms with Gasteiger partial charge in [0, 0.05) is 12.6 Å². The van der Waals surface area contributed by atoms with Crippen LogP contribution in [0.1, 0.15) is 39.5 Å². The van der Waals surface area contributed by atoms with E-state index in [1.807, 2.05) is 25.3 Å². The fourth-order valence-electron chi connectivity index (χ4n) is 1.50. The van der Waals surface area contributed by atoms with E-state index in [9.17, 15) is 0 Å². The van der Waals surface area contributed by atoms with E-state index in [0.717, 1.165) is 12.2 Å². The summed E-state index contributed by atoms with van der Waals surface area (Å²) >= 11 is 0. The molecule has 3 nitrogen and oxygen atoms in total. The van der Waals surface area contributed by atoms with Crippen molar-refractivity contribution in [2.75, 3.05) is 18.5 Å². The van der Waals surface area contributed by atoms with E-state index in [-0.39, 0.29) is 0 Å². The Morgan fingerprint density at radius 3 is 2.69 bits per heavy atom. The molecule has 0 atom stereocenters. The lowest BCUT2D eigenvalue weighted by Gasteiger charge is -2.06. The first kappa shape index (κ1) is 12.8. The normalized spacial score (nSPS) is 10.1. The number of rotatable bonds is 8. The summed E-state index contributed by atoms with van der Waals surface area (Å²) in [7, 11) is 0. The molecule has 1 N–H and O–H groups in total. The Hall–Kier alpha value is -1.25. The van der Waals surface area contributed by atoms with Gasteiger partial charge in [0.1, 0.15) is 0 Å².